The minimum atomic E-state index is -3.53. The first-order chi connectivity index (χ1) is 15.4. The third-order valence-corrected chi connectivity index (χ3v) is 8.84. The number of thioether (sulfide) groups is 1. The van der Waals surface area contributed by atoms with Crippen LogP contribution in [0.25, 0.3) is 0 Å². The van der Waals surface area contributed by atoms with Gasteiger partial charge in [-0.25, -0.2) is 13.4 Å². The molecule has 9 heteroatoms. The molecule has 1 aliphatic rings. The summed E-state index contributed by atoms with van der Waals surface area (Å²) in [6.07, 6.45) is 3.10. The maximum absolute atomic E-state index is 12.6. The normalized spacial score (nSPS) is 16.1. The molecule has 0 aliphatic carbocycles. The molecule has 32 heavy (non-hydrogen) atoms. The second-order valence-electron chi connectivity index (χ2n) is 7.75. The van der Waals surface area contributed by atoms with Crippen molar-refractivity contribution in [1.29, 1.82) is 0 Å². The summed E-state index contributed by atoms with van der Waals surface area (Å²) in [6, 6.07) is 13.5. The molecule has 1 saturated heterocycles. The number of hydrogen-bond acceptors (Lipinski definition) is 6. The van der Waals surface area contributed by atoms with E-state index in [4.69, 9.17) is 4.74 Å². The lowest BCUT2D eigenvalue weighted by Gasteiger charge is -2.38. The zero-order valence-corrected chi connectivity index (χ0v) is 20.3. The molecule has 1 aliphatic heterocycles. The lowest BCUT2D eigenvalue weighted by atomic mass is 9.74. The maximum atomic E-state index is 12.6. The van der Waals surface area contributed by atoms with Gasteiger partial charge in [-0.2, -0.15) is 4.31 Å². The Kier molecular flexibility index (Phi) is 8.70. The quantitative estimate of drug-likeness (QED) is 0.529. The molecule has 0 spiro atoms. The zero-order valence-electron chi connectivity index (χ0n) is 18.6. The van der Waals surface area contributed by atoms with Gasteiger partial charge in [-0.3, -0.25) is 4.79 Å². The van der Waals surface area contributed by atoms with Gasteiger partial charge in [0.15, 0.2) is 0 Å². The number of nitrogens with zero attached hydrogens (tertiary/aromatic N) is 2. The van der Waals surface area contributed by atoms with E-state index in [9.17, 15) is 13.2 Å². The molecule has 7 nitrogen and oxygen atoms in total. The molecule has 174 valence electrons. The number of benzene rings is 1. The van der Waals surface area contributed by atoms with E-state index in [1.807, 2.05) is 18.2 Å². The maximum Gasteiger partial charge on any atom is 0.244 e. The Hall–Kier alpha value is -1.94. The molecule has 1 aromatic carbocycles. The van der Waals surface area contributed by atoms with E-state index in [2.05, 4.69) is 22.4 Å². The van der Waals surface area contributed by atoms with Crippen molar-refractivity contribution < 1.29 is 17.9 Å². The summed E-state index contributed by atoms with van der Waals surface area (Å²) < 4.78 is 32.1. The van der Waals surface area contributed by atoms with Crippen LogP contribution in [0.3, 0.4) is 0 Å². The van der Waals surface area contributed by atoms with Crippen LogP contribution in [-0.4, -0.2) is 62.2 Å². The number of ether oxygens (including phenoxy) is 1. The first kappa shape index (κ1) is 24.7. The number of amides is 1. The highest BCUT2D eigenvalue weighted by atomic mass is 32.2. The average molecular weight is 478 g/mol. The predicted octanol–water partition coefficient (Wildman–Crippen LogP) is 3.07. The van der Waals surface area contributed by atoms with E-state index < -0.39 is 10.0 Å². The van der Waals surface area contributed by atoms with E-state index in [0.29, 0.717) is 37.9 Å². The Labute approximate surface area is 195 Å². The van der Waals surface area contributed by atoms with E-state index in [-0.39, 0.29) is 22.0 Å². The van der Waals surface area contributed by atoms with Gasteiger partial charge in [0, 0.05) is 44.5 Å². The van der Waals surface area contributed by atoms with Gasteiger partial charge >= 0.3 is 0 Å². The minimum absolute atomic E-state index is 0.0709. The highest BCUT2D eigenvalue weighted by Gasteiger charge is 2.34. The van der Waals surface area contributed by atoms with Gasteiger partial charge in [0.25, 0.3) is 0 Å². The Morgan fingerprint density at radius 2 is 1.81 bits per heavy atom. The van der Waals surface area contributed by atoms with Crippen LogP contribution in [0.5, 0.6) is 0 Å². The van der Waals surface area contributed by atoms with Crippen molar-refractivity contribution in [3.8, 4) is 0 Å². The number of pyridine rings is 1. The summed E-state index contributed by atoms with van der Waals surface area (Å²) in [7, 11) is -3.53. The molecule has 2 aromatic rings. The van der Waals surface area contributed by atoms with Gasteiger partial charge in [-0.05, 0) is 30.5 Å². The lowest BCUT2D eigenvalue weighted by Crippen LogP contribution is -2.45. The monoisotopic (exact) mass is 477 g/mol. The van der Waals surface area contributed by atoms with Crippen molar-refractivity contribution in [2.75, 3.05) is 38.6 Å². The largest absolute Gasteiger partial charge is 0.381 e. The summed E-state index contributed by atoms with van der Waals surface area (Å²) in [5.74, 6) is 0.148. The molecule has 1 N–H and O–H groups in total. The summed E-state index contributed by atoms with van der Waals surface area (Å²) in [4.78, 5) is 16.9. The van der Waals surface area contributed by atoms with Crippen LogP contribution in [0.15, 0.2) is 58.6 Å². The van der Waals surface area contributed by atoms with Gasteiger partial charge < -0.3 is 10.1 Å². The fourth-order valence-corrected chi connectivity index (χ4v) is 5.97. The highest BCUT2D eigenvalue weighted by molar-refractivity contribution is 7.99. The van der Waals surface area contributed by atoms with Crippen LogP contribution in [0, 0.1) is 0 Å². The van der Waals surface area contributed by atoms with Crippen molar-refractivity contribution in [3.63, 3.8) is 0 Å². The zero-order chi connectivity index (χ0) is 23.0. The van der Waals surface area contributed by atoms with Gasteiger partial charge in [0.1, 0.15) is 4.90 Å². The Balaban J connectivity index is 1.56. The summed E-state index contributed by atoms with van der Waals surface area (Å²) in [6.45, 7) is 6.37. The van der Waals surface area contributed by atoms with E-state index in [0.717, 1.165) is 12.8 Å². The highest BCUT2D eigenvalue weighted by Crippen LogP contribution is 2.34. The predicted molar refractivity (Wildman–Crippen MR) is 126 cm³/mol. The van der Waals surface area contributed by atoms with Crippen molar-refractivity contribution >= 4 is 27.7 Å². The van der Waals surface area contributed by atoms with E-state index >= 15 is 0 Å². The van der Waals surface area contributed by atoms with Crippen LogP contribution in [-0.2, 0) is 25.0 Å². The number of sulfonamides is 1. The van der Waals surface area contributed by atoms with Crippen molar-refractivity contribution in [3.05, 3.63) is 54.2 Å². The molecule has 1 fully saturated rings. The van der Waals surface area contributed by atoms with Gasteiger partial charge in [-0.15, -0.1) is 0 Å². The van der Waals surface area contributed by atoms with Crippen LogP contribution in [0.2, 0.25) is 0 Å². The van der Waals surface area contributed by atoms with Gasteiger partial charge in [0.2, 0.25) is 15.9 Å². The van der Waals surface area contributed by atoms with Gasteiger partial charge in [0.05, 0.1) is 10.8 Å². The van der Waals surface area contributed by atoms with Gasteiger partial charge in [-0.1, -0.05) is 55.9 Å². The number of carbonyl (C=O) groups excluding carboxylic acids is 1. The first-order valence-corrected chi connectivity index (χ1v) is 13.3. The van der Waals surface area contributed by atoms with Crippen LogP contribution >= 0.6 is 11.8 Å². The summed E-state index contributed by atoms with van der Waals surface area (Å²) in [5, 5.41) is 3.70. The molecule has 0 saturated carbocycles. The molecular weight excluding hydrogens is 446 g/mol. The van der Waals surface area contributed by atoms with Crippen LogP contribution in [0.4, 0.5) is 0 Å². The average Bonchev–Trinajstić information content (AvgIpc) is 2.83. The number of carbonyl (C=O) groups is 1. The van der Waals surface area contributed by atoms with E-state index in [1.54, 1.807) is 26.0 Å². The molecule has 0 atom stereocenters. The molecule has 0 bridgehead atoms. The molecule has 1 amide bonds. The Morgan fingerprint density at radius 1 is 1.12 bits per heavy atom. The third kappa shape index (κ3) is 5.89. The number of nitrogens with one attached hydrogen (secondary N) is 1. The van der Waals surface area contributed by atoms with Crippen LogP contribution in [0.1, 0.15) is 32.3 Å². The Bertz CT molecular complexity index is 972. The second kappa shape index (κ2) is 11.3. The minimum Gasteiger partial charge on any atom is -0.381 e. The first-order valence-electron chi connectivity index (χ1n) is 10.9. The molecule has 0 unspecified atom stereocenters. The summed E-state index contributed by atoms with van der Waals surface area (Å²) >= 11 is 1.29. The van der Waals surface area contributed by atoms with Crippen LogP contribution < -0.4 is 5.32 Å². The Morgan fingerprint density at radius 3 is 2.41 bits per heavy atom. The smallest absolute Gasteiger partial charge is 0.244 e. The molecule has 2 heterocycles. The second-order valence-corrected chi connectivity index (χ2v) is 10.7. The number of hydrogen-bond donors (Lipinski definition) is 1. The van der Waals surface area contributed by atoms with Crippen molar-refractivity contribution in [1.82, 2.24) is 14.6 Å². The molecular formula is C23H31N3O4S2. The number of rotatable bonds is 10. The molecule has 3 rings (SSSR count). The lowest BCUT2D eigenvalue weighted by molar-refractivity contribution is -0.119. The molecule has 1 aromatic heterocycles. The fraction of sp³-hybridized carbons (Fsp3) is 0.478. The number of aromatic nitrogens is 1. The summed E-state index contributed by atoms with van der Waals surface area (Å²) in [5.41, 5.74) is 1.11. The van der Waals surface area contributed by atoms with E-state index in [1.165, 1.54) is 27.8 Å². The SMILES string of the molecule is CCN(CC)S(=O)(=O)c1ccc(SCC(=O)NCC2(c3ccccc3)CCOCC2)nc1. The third-order valence-electron chi connectivity index (χ3n) is 5.86. The van der Waals surface area contributed by atoms with Crippen molar-refractivity contribution in [2.45, 2.75) is 42.0 Å². The standard InChI is InChI=1S/C23H31N3O4S2/c1-3-26(4-2)32(28,29)20-10-11-22(24-16-20)31-17-21(27)25-18-23(12-14-30-15-13-23)19-8-6-5-7-9-19/h5-11,16H,3-4,12-15,17-18H2,1-2H3,(H,25,27). The fourth-order valence-electron chi connectivity index (χ4n) is 3.90. The topological polar surface area (TPSA) is 88.6 Å². The molecule has 0 radical (unpaired) electrons. The van der Waals surface area contributed by atoms with Crippen molar-refractivity contribution in [2.24, 2.45) is 0 Å².